The van der Waals surface area contributed by atoms with Crippen molar-refractivity contribution in [2.24, 2.45) is 0 Å². The molecule has 0 spiro atoms. The van der Waals surface area contributed by atoms with Crippen molar-refractivity contribution in [3.8, 4) is 11.5 Å². The first-order chi connectivity index (χ1) is 15.1. The van der Waals surface area contributed by atoms with E-state index in [1.807, 2.05) is 19.9 Å². The minimum absolute atomic E-state index is 0.00466. The van der Waals surface area contributed by atoms with Gasteiger partial charge >= 0.3 is 23.9 Å². The summed E-state index contributed by atoms with van der Waals surface area (Å²) < 4.78 is 19.6. The van der Waals surface area contributed by atoms with Gasteiger partial charge in [-0.3, -0.25) is 19.2 Å². The van der Waals surface area contributed by atoms with Crippen molar-refractivity contribution < 1.29 is 48.3 Å². The number of ether oxygens (including phenoxy) is 4. The third-order valence-corrected chi connectivity index (χ3v) is 4.47. The number of allylic oxidation sites excluding steroid dienone is 2. The molecule has 176 valence electrons. The van der Waals surface area contributed by atoms with Crippen molar-refractivity contribution in [3.05, 3.63) is 33.9 Å². The molecule has 32 heavy (non-hydrogen) atoms. The molecule has 0 aliphatic heterocycles. The van der Waals surface area contributed by atoms with Crippen LogP contribution in [0, 0.1) is 6.92 Å². The Balaban J connectivity index is 3.63. The summed E-state index contributed by atoms with van der Waals surface area (Å²) in [6, 6.07) is 0. The van der Waals surface area contributed by atoms with E-state index in [9.17, 15) is 29.4 Å². The summed E-state index contributed by atoms with van der Waals surface area (Å²) in [4.78, 5) is 47.2. The highest BCUT2D eigenvalue weighted by molar-refractivity contribution is 5.93. The van der Waals surface area contributed by atoms with Crippen molar-refractivity contribution in [1.29, 1.82) is 0 Å². The molecule has 1 rings (SSSR count). The molecule has 2 N–H and O–H groups in total. The second-order valence-electron chi connectivity index (χ2n) is 6.97. The van der Waals surface area contributed by atoms with Crippen LogP contribution < -0.4 is 9.47 Å². The van der Waals surface area contributed by atoms with Crippen LogP contribution >= 0.6 is 0 Å². The summed E-state index contributed by atoms with van der Waals surface area (Å²) in [7, 11) is 2.25. The molecule has 0 bridgehead atoms. The molecule has 10 nitrogen and oxygen atoms in total. The average Bonchev–Trinajstić information content (AvgIpc) is 2.74. The van der Waals surface area contributed by atoms with Crippen molar-refractivity contribution in [1.82, 2.24) is 0 Å². The van der Waals surface area contributed by atoms with E-state index in [0.717, 1.165) is 19.8 Å². The second kappa shape index (κ2) is 12.6. The maximum Gasteiger partial charge on any atom is 0.322 e. The number of hydrogen-bond acceptors (Lipinski definition) is 10. The predicted octanol–water partition coefficient (Wildman–Crippen LogP) is 1.43. The molecule has 0 saturated heterocycles. The number of benzene rings is 1. The molecule has 0 fully saturated rings. The van der Waals surface area contributed by atoms with E-state index in [4.69, 9.17) is 9.47 Å². The van der Waals surface area contributed by atoms with Crippen LogP contribution in [-0.4, -0.2) is 48.3 Å². The van der Waals surface area contributed by atoms with Crippen LogP contribution in [0.5, 0.6) is 11.5 Å². The van der Waals surface area contributed by atoms with E-state index in [-0.39, 0.29) is 29.0 Å². The molecule has 0 heterocycles. The van der Waals surface area contributed by atoms with Crippen LogP contribution in [0.1, 0.15) is 48.9 Å². The van der Waals surface area contributed by atoms with Gasteiger partial charge in [0.25, 0.3) is 0 Å². The third kappa shape index (κ3) is 7.17. The summed E-state index contributed by atoms with van der Waals surface area (Å²) >= 11 is 0. The van der Waals surface area contributed by atoms with Gasteiger partial charge in [0.1, 0.15) is 24.3 Å². The van der Waals surface area contributed by atoms with Gasteiger partial charge in [0.2, 0.25) is 0 Å². The van der Waals surface area contributed by atoms with Gasteiger partial charge in [-0.2, -0.15) is 0 Å². The van der Waals surface area contributed by atoms with E-state index in [1.165, 1.54) is 0 Å². The maximum absolute atomic E-state index is 12.2. The van der Waals surface area contributed by atoms with Crippen molar-refractivity contribution in [2.45, 2.75) is 53.2 Å². The lowest BCUT2D eigenvalue weighted by Gasteiger charge is -2.22. The van der Waals surface area contributed by atoms with Crippen molar-refractivity contribution >= 4 is 23.9 Å². The van der Waals surface area contributed by atoms with Crippen molar-refractivity contribution in [2.75, 3.05) is 14.2 Å². The van der Waals surface area contributed by atoms with E-state index >= 15 is 0 Å². The van der Waals surface area contributed by atoms with Gasteiger partial charge in [0.15, 0.2) is 0 Å². The molecule has 0 aliphatic rings. The van der Waals surface area contributed by atoms with Crippen LogP contribution in [0.3, 0.4) is 0 Å². The van der Waals surface area contributed by atoms with Gasteiger partial charge in [0.05, 0.1) is 27.4 Å². The molecule has 1 aromatic rings. The Bertz CT molecular complexity index is 910. The number of carbonyl (C=O) groups is 4. The number of aliphatic hydroxyl groups excluding tert-OH is 2. The van der Waals surface area contributed by atoms with Gasteiger partial charge in [-0.05, 0) is 32.8 Å². The Kier molecular flexibility index (Phi) is 10.5. The fraction of sp³-hybridized carbons (Fsp3) is 0.455. The van der Waals surface area contributed by atoms with Crippen molar-refractivity contribution in [3.63, 3.8) is 0 Å². The van der Waals surface area contributed by atoms with Crippen LogP contribution in [0.25, 0.3) is 0 Å². The predicted molar refractivity (Wildman–Crippen MR) is 111 cm³/mol. The minimum atomic E-state index is -0.929. The molecular weight excluding hydrogens is 424 g/mol. The minimum Gasteiger partial charge on any atom is -0.469 e. The topological polar surface area (TPSA) is 146 Å². The molecule has 0 saturated carbocycles. The van der Waals surface area contributed by atoms with Gasteiger partial charge < -0.3 is 29.2 Å². The molecule has 0 unspecified atom stereocenters. The SMILES string of the molecule is COC(=O)CC(=O)Oc1c(C)c(CC=C(C)C)c(OC(=O)CC(=O)OC)c(CO)c1CO. The first-order valence-electron chi connectivity index (χ1n) is 9.66. The fourth-order valence-electron chi connectivity index (χ4n) is 2.82. The van der Waals surface area contributed by atoms with E-state index < -0.39 is 49.9 Å². The van der Waals surface area contributed by atoms with Crippen LogP contribution in [0.2, 0.25) is 0 Å². The van der Waals surface area contributed by atoms with E-state index in [1.54, 1.807) is 6.92 Å². The zero-order valence-corrected chi connectivity index (χ0v) is 18.8. The Morgan fingerprint density at radius 1 is 0.750 bits per heavy atom. The zero-order chi connectivity index (χ0) is 24.4. The number of rotatable bonds is 10. The summed E-state index contributed by atoms with van der Waals surface area (Å²) in [5.41, 5.74) is 1.70. The third-order valence-electron chi connectivity index (χ3n) is 4.47. The summed E-state index contributed by atoms with van der Waals surface area (Å²) in [5, 5.41) is 19.9. The van der Waals surface area contributed by atoms with E-state index in [0.29, 0.717) is 11.1 Å². The first-order valence-corrected chi connectivity index (χ1v) is 9.66. The van der Waals surface area contributed by atoms with Crippen LogP contribution in [0.15, 0.2) is 11.6 Å². The number of carbonyl (C=O) groups excluding carboxylic acids is 4. The number of esters is 4. The molecule has 0 radical (unpaired) electrons. The lowest BCUT2D eigenvalue weighted by Crippen LogP contribution is -2.20. The fourth-order valence-corrected chi connectivity index (χ4v) is 2.82. The highest BCUT2D eigenvalue weighted by atomic mass is 16.6. The van der Waals surface area contributed by atoms with Gasteiger partial charge in [-0.1, -0.05) is 11.6 Å². The molecule has 10 heteroatoms. The smallest absolute Gasteiger partial charge is 0.322 e. The van der Waals surface area contributed by atoms with Crippen LogP contribution in [0.4, 0.5) is 0 Å². The Labute approximate surface area is 185 Å². The zero-order valence-electron chi connectivity index (χ0n) is 18.8. The molecule has 1 aromatic carbocycles. The van der Waals surface area contributed by atoms with Gasteiger partial charge in [0, 0.05) is 16.7 Å². The second-order valence-corrected chi connectivity index (χ2v) is 6.97. The Morgan fingerprint density at radius 2 is 1.19 bits per heavy atom. The van der Waals surface area contributed by atoms with Gasteiger partial charge in [-0.15, -0.1) is 0 Å². The molecule has 0 amide bonds. The Hall–Kier alpha value is -3.24. The summed E-state index contributed by atoms with van der Waals surface area (Å²) in [6.45, 7) is 3.95. The highest BCUT2D eigenvalue weighted by Gasteiger charge is 2.27. The monoisotopic (exact) mass is 452 g/mol. The largest absolute Gasteiger partial charge is 0.469 e. The Morgan fingerprint density at radius 3 is 1.59 bits per heavy atom. The maximum atomic E-state index is 12.2. The van der Waals surface area contributed by atoms with Crippen LogP contribution in [-0.2, 0) is 48.3 Å². The lowest BCUT2D eigenvalue weighted by atomic mass is 9.93. The molecule has 0 aliphatic carbocycles. The molecular formula is C22H28O10. The number of methoxy groups -OCH3 is 2. The summed E-state index contributed by atoms with van der Waals surface area (Å²) in [6.07, 6.45) is 0.732. The lowest BCUT2D eigenvalue weighted by molar-refractivity contribution is -0.150. The molecule has 0 atom stereocenters. The highest BCUT2D eigenvalue weighted by Crippen LogP contribution is 2.40. The standard InChI is InChI=1S/C22H28O10/c1-12(2)6-7-14-13(3)21(31-19(27)8-17(25)29-4)15(10-23)16(11-24)22(14)32-20(28)9-18(26)30-5/h6,23-24H,7-11H2,1-5H3. The first kappa shape index (κ1) is 26.8. The average molecular weight is 452 g/mol. The summed E-state index contributed by atoms with van der Waals surface area (Å²) in [5.74, 6) is -3.58. The number of hydrogen-bond donors (Lipinski definition) is 2. The quantitative estimate of drug-likeness (QED) is 0.231. The normalized spacial score (nSPS) is 10.2. The molecule has 0 aromatic heterocycles. The number of aliphatic hydroxyl groups is 2. The van der Waals surface area contributed by atoms with E-state index in [2.05, 4.69) is 9.47 Å². The van der Waals surface area contributed by atoms with Gasteiger partial charge in [-0.25, -0.2) is 0 Å².